The Labute approximate surface area is 139 Å². The van der Waals surface area contributed by atoms with Gasteiger partial charge in [-0.3, -0.25) is 9.69 Å². The van der Waals surface area contributed by atoms with E-state index in [-0.39, 0.29) is 5.91 Å². The Kier molecular flexibility index (Phi) is 6.14. The van der Waals surface area contributed by atoms with Gasteiger partial charge in [0.25, 0.3) is 0 Å². The molecule has 2 rings (SSSR count). The highest BCUT2D eigenvalue weighted by Crippen LogP contribution is 2.32. The standard InChI is InChI=1S/C14H18Cl3N3O/c1-20(7-9-3-2-4-18-9)8-14(21)19-13-6-11(16)10(15)5-12(13)17/h5-6,9,18H,2-4,7-8H2,1H3,(H,19,21). The summed E-state index contributed by atoms with van der Waals surface area (Å²) in [5.74, 6) is -0.129. The summed E-state index contributed by atoms with van der Waals surface area (Å²) in [5, 5.41) is 7.26. The summed E-state index contributed by atoms with van der Waals surface area (Å²) in [4.78, 5) is 14.0. The minimum absolute atomic E-state index is 0.129. The van der Waals surface area contributed by atoms with E-state index in [2.05, 4.69) is 10.6 Å². The molecule has 1 unspecified atom stereocenters. The number of likely N-dealkylation sites (N-methyl/N-ethyl adjacent to an activating group) is 1. The molecule has 1 heterocycles. The van der Waals surface area contributed by atoms with Gasteiger partial charge in [0.1, 0.15) is 0 Å². The first-order valence-electron chi connectivity index (χ1n) is 6.82. The number of anilines is 1. The van der Waals surface area contributed by atoms with Crippen LogP contribution < -0.4 is 10.6 Å². The number of nitrogens with one attached hydrogen (secondary N) is 2. The van der Waals surface area contributed by atoms with Gasteiger partial charge >= 0.3 is 0 Å². The van der Waals surface area contributed by atoms with Crippen LogP contribution in [0.5, 0.6) is 0 Å². The van der Waals surface area contributed by atoms with Crippen molar-refractivity contribution in [2.75, 3.05) is 32.0 Å². The highest BCUT2D eigenvalue weighted by molar-refractivity contribution is 6.44. The normalized spacial score (nSPS) is 18.2. The van der Waals surface area contributed by atoms with Crippen molar-refractivity contribution in [3.8, 4) is 0 Å². The van der Waals surface area contributed by atoms with Crippen molar-refractivity contribution in [1.82, 2.24) is 10.2 Å². The number of nitrogens with zero attached hydrogens (tertiary/aromatic N) is 1. The van der Waals surface area contributed by atoms with Gasteiger partial charge in [-0.05, 0) is 38.6 Å². The molecule has 21 heavy (non-hydrogen) atoms. The number of carbonyl (C=O) groups is 1. The number of hydrogen-bond acceptors (Lipinski definition) is 3. The van der Waals surface area contributed by atoms with E-state index >= 15 is 0 Å². The smallest absolute Gasteiger partial charge is 0.238 e. The molecule has 2 N–H and O–H groups in total. The van der Waals surface area contributed by atoms with E-state index in [9.17, 15) is 4.79 Å². The molecule has 0 aliphatic carbocycles. The van der Waals surface area contributed by atoms with Gasteiger partial charge in [0.15, 0.2) is 0 Å². The lowest BCUT2D eigenvalue weighted by Crippen LogP contribution is -2.39. The average Bonchev–Trinajstić information content (AvgIpc) is 2.88. The highest BCUT2D eigenvalue weighted by atomic mass is 35.5. The van der Waals surface area contributed by atoms with Crippen molar-refractivity contribution in [1.29, 1.82) is 0 Å². The molecule has 0 aromatic heterocycles. The molecule has 4 nitrogen and oxygen atoms in total. The SMILES string of the molecule is CN(CC(=O)Nc1cc(Cl)c(Cl)cc1Cl)CC1CCCN1. The molecular weight excluding hydrogens is 333 g/mol. The summed E-state index contributed by atoms with van der Waals surface area (Å²) < 4.78 is 0. The topological polar surface area (TPSA) is 44.4 Å². The van der Waals surface area contributed by atoms with Crippen LogP contribution in [0, 0.1) is 0 Å². The van der Waals surface area contributed by atoms with Gasteiger partial charge in [0.05, 0.1) is 27.3 Å². The minimum Gasteiger partial charge on any atom is -0.324 e. The van der Waals surface area contributed by atoms with Crippen LogP contribution in [0.2, 0.25) is 15.1 Å². The van der Waals surface area contributed by atoms with Gasteiger partial charge in [-0.1, -0.05) is 34.8 Å². The van der Waals surface area contributed by atoms with Crippen LogP contribution in [-0.2, 0) is 4.79 Å². The second-order valence-electron chi connectivity index (χ2n) is 5.28. The third kappa shape index (κ3) is 5.01. The monoisotopic (exact) mass is 349 g/mol. The lowest BCUT2D eigenvalue weighted by atomic mass is 10.2. The number of halogens is 3. The first kappa shape index (κ1) is 16.8. The van der Waals surface area contributed by atoms with E-state index in [0.717, 1.165) is 19.5 Å². The lowest BCUT2D eigenvalue weighted by Gasteiger charge is -2.20. The molecule has 0 saturated carbocycles. The fraction of sp³-hybridized carbons (Fsp3) is 0.500. The molecule has 0 spiro atoms. The van der Waals surface area contributed by atoms with Crippen LogP contribution >= 0.6 is 34.8 Å². The van der Waals surface area contributed by atoms with Gasteiger partial charge in [-0.25, -0.2) is 0 Å². The maximum absolute atomic E-state index is 12.0. The predicted molar refractivity (Wildman–Crippen MR) is 88.6 cm³/mol. The molecule has 1 amide bonds. The van der Waals surface area contributed by atoms with Crippen molar-refractivity contribution in [3.05, 3.63) is 27.2 Å². The van der Waals surface area contributed by atoms with Gasteiger partial charge in [0.2, 0.25) is 5.91 Å². The summed E-state index contributed by atoms with van der Waals surface area (Å²) in [6.07, 6.45) is 2.36. The number of hydrogen-bond donors (Lipinski definition) is 2. The molecule has 1 aliphatic heterocycles. The number of carbonyl (C=O) groups excluding carboxylic acids is 1. The number of rotatable bonds is 5. The number of benzene rings is 1. The zero-order valence-corrected chi connectivity index (χ0v) is 14.0. The lowest BCUT2D eigenvalue weighted by molar-refractivity contribution is -0.117. The Morgan fingerprint density at radius 3 is 2.71 bits per heavy atom. The van der Waals surface area contributed by atoms with Gasteiger partial charge in [-0.2, -0.15) is 0 Å². The molecular formula is C14H18Cl3N3O. The minimum atomic E-state index is -0.129. The van der Waals surface area contributed by atoms with Crippen LogP contribution in [-0.4, -0.2) is 43.5 Å². The summed E-state index contributed by atoms with van der Waals surface area (Å²) in [6, 6.07) is 3.55. The summed E-state index contributed by atoms with van der Waals surface area (Å²) in [5.41, 5.74) is 0.475. The molecule has 116 valence electrons. The van der Waals surface area contributed by atoms with Crippen molar-refractivity contribution in [3.63, 3.8) is 0 Å². The molecule has 0 radical (unpaired) electrons. The Bertz CT molecular complexity index is 518. The predicted octanol–water partition coefficient (Wildman–Crippen LogP) is 3.27. The maximum Gasteiger partial charge on any atom is 0.238 e. The first-order chi connectivity index (χ1) is 9.95. The van der Waals surface area contributed by atoms with Crippen molar-refractivity contribution in [2.45, 2.75) is 18.9 Å². The van der Waals surface area contributed by atoms with Crippen molar-refractivity contribution in [2.24, 2.45) is 0 Å². The molecule has 1 aliphatic rings. The summed E-state index contributed by atoms with van der Waals surface area (Å²) >= 11 is 17.8. The fourth-order valence-electron chi connectivity index (χ4n) is 2.41. The third-order valence-electron chi connectivity index (χ3n) is 3.39. The van der Waals surface area contributed by atoms with Gasteiger partial charge in [0, 0.05) is 12.6 Å². The molecule has 1 saturated heterocycles. The molecule has 0 bridgehead atoms. The third-order valence-corrected chi connectivity index (χ3v) is 4.43. The second-order valence-corrected chi connectivity index (χ2v) is 6.51. The molecule has 1 aromatic carbocycles. The van der Waals surface area contributed by atoms with Gasteiger partial charge in [-0.15, -0.1) is 0 Å². The Morgan fingerprint density at radius 2 is 2.05 bits per heavy atom. The fourth-order valence-corrected chi connectivity index (χ4v) is 3.00. The van der Waals surface area contributed by atoms with E-state index in [1.807, 2.05) is 11.9 Å². The highest BCUT2D eigenvalue weighted by Gasteiger charge is 2.17. The van der Waals surface area contributed by atoms with Crippen LogP contribution in [0.15, 0.2) is 12.1 Å². The maximum atomic E-state index is 12.0. The van der Waals surface area contributed by atoms with E-state index in [0.29, 0.717) is 33.3 Å². The zero-order valence-electron chi connectivity index (χ0n) is 11.8. The molecule has 1 atom stereocenters. The van der Waals surface area contributed by atoms with E-state index in [4.69, 9.17) is 34.8 Å². The Balaban J connectivity index is 1.87. The van der Waals surface area contributed by atoms with Crippen LogP contribution in [0.25, 0.3) is 0 Å². The van der Waals surface area contributed by atoms with Crippen LogP contribution in [0.4, 0.5) is 5.69 Å². The van der Waals surface area contributed by atoms with Crippen molar-refractivity contribution >= 4 is 46.4 Å². The van der Waals surface area contributed by atoms with E-state index < -0.39 is 0 Å². The van der Waals surface area contributed by atoms with E-state index in [1.54, 1.807) is 6.07 Å². The van der Waals surface area contributed by atoms with Crippen LogP contribution in [0.3, 0.4) is 0 Å². The first-order valence-corrected chi connectivity index (χ1v) is 7.95. The average molecular weight is 351 g/mol. The molecule has 7 heteroatoms. The Morgan fingerprint density at radius 1 is 1.33 bits per heavy atom. The van der Waals surface area contributed by atoms with E-state index in [1.165, 1.54) is 12.5 Å². The molecule has 1 fully saturated rings. The van der Waals surface area contributed by atoms with Crippen molar-refractivity contribution < 1.29 is 4.79 Å². The Hall–Kier alpha value is -0.520. The quantitative estimate of drug-likeness (QED) is 0.801. The van der Waals surface area contributed by atoms with Crippen LogP contribution in [0.1, 0.15) is 12.8 Å². The summed E-state index contributed by atoms with van der Waals surface area (Å²) in [7, 11) is 1.93. The number of amides is 1. The van der Waals surface area contributed by atoms with Gasteiger partial charge < -0.3 is 10.6 Å². The summed E-state index contributed by atoms with van der Waals surface area (Å²) in [6.45, 7) is 2.21. The largest absolute Gasteiger partial charge is 0.324 e. The zero-order chi connectivity index (χ0) is 15.4. The molecule has 1 aromatic rings. The second kappa shape index (κ2) is 7.65.